The molecule has 0 aromatic heterocycles. The first kappa shape index (κ1) is 11.9. The van der Waals surface area contributed by atoms with Crippen LogP contribution in [0.3, 0.4) is 0 Å². The molecule has 0 saturated carbocycles. The fourth-order valence-electron chi connectivity index (χ4n) is 0.760. The minimum Gasteiger partial charge on any atom is -0.458 e. The molecule has 0 amide bonds. The molecule has 0 aromatic rings. The molecular weight excluding hydrogens is 164 g/mol. The van der Waals surface area contributed by atoms with Gasteiger partial charge in [-0.15, -0.1) is 0 Å². The summed E-state index contributed by atoms with van der Waals surface area (Å²) in [5.74, 6) is -0.263. The average molecular weight is 182 g/mol. The van der Waals surface area contributed by atoms with Gasteiger partial charge in [0.15, 0.2) is 0 Å². The molecule has 0 saturated heterocycles. The topological polar surface area (TPSA) is 26.3 Å². The van der Waals surface area contributed by atoms with Crippen molar-refractivity contribution in [3.05, 3.63) is 23.8 Å². The van der Waals surface area contributed by atoms with Crippen molar-refractivity contribution >= 4 is 5.97 Å². The van der Waals surface area contributed by atoms with E-state index in [1.807, 2.05) is 26.0 Å². The van der Waals surface area contributed by atoms with Crippen molar-refractivity contribution in [2.24, 2.45) is 0 Å². The summed E-state index contributed by atoms with van der Waals surface area (Å²) in [7, 11) is 0. The Morgan fingerprint density at radius 1 is 1.31 bits per heavy atom. The highest BCUT2D eigenvalue weighted by Crippen LogP contribution is 1.92. The Bertz CT molecular complexity index is 198. The van der Waals surface area contributed by atoms with Crippen molar-refractivity contribution in [1.29, 1.82) is 0 Å². The Labute approximate surface area is 80.3 Å². The van der Waals surface area contributed by atoms with Crippen LogP contribution in [0.15, 0.2) is 23.8 Å². The zero-order valence-corrected chi connectivity index (χ0v) is 8.67. The fourth-order valence-corrected chi connectivity index (χ4v) is 0.760. The minimum atomic E-state index is -0.263. The molecule has 2 heteroatoms. The lowest BCUT2D eigenvalue weighted by atomic mass is 10.3. The molecule has 0 unspecified atom stereocenters. The summed E-state index contributed by atoms with van der Waals surface area (Å²) in [6.07, 6.45) is 7.56. The van der Waals surface area contributed by atoms with E-state index in [2.05, 4.69) is 6.92 Å². The summed E-state index contributed by atoms with van der Waals surface area (Å²) in [5, 5.41) is 0. The summed E-state index contributed by atoms with van der Waals surface area (Å²) >= 11 is 0. The van der Waals surface area contributed by atoms with Crippen molar-refractivity contribution in [2.75, 3.05) is 6.61 Å². The predicted molar refractivity (Wildman–Crippen MR) is 54.4 cm³/mol. The van der Waals surface area contributed by atoms with Crippen LogP contribution in [0.4, 0.5) is 0 Å². The lowest BCUT2D eigenvalue weighted by Crippen LogP contribution is -2.00. The van der Waals surface area contributed by atoms with Crippen molar-refractivity contribution < 1.29 is 9.53 Å². The van der Waals surface area contributed by atoms with E-state index >= 15 is 0 Å². The van der Waals surface area contributed by atoms with E-state index in [0.29, 0.717) is 6.61 Å². The quantitative estimate of drug-likeness (QED) is 0.371. The smallest absolute Gasteiger partial charge is 0.330 e. The Balaban J connectivity index is 3.54. The van der Waals surface area contributed by atoms with Crippen LogP contribution in [0, 0.1) is 0 Å². The Morgan fingerprint density at radius 3 is 2.54 bits per heavy atom. The second-order valence-electron chi connectivity index (χ2n) is 3.11. The Kier molecular flexibility index (Phi) is 6.98. The lowest BCUT2D eigenvalue weighted by Gasteiger charge is -1.96. The molecular formula is C11H18O2. The van der Waals surface area contributed by atoms with Gasteiger partial charge in [0, 0.05) is 6.08 Å². The van der Waals surface area contributed by atoms with Crippen LogP contribution in [0.25, 0.3) is 0 Å². The van der Waals surface area contributed by atoms with E-state index < -0.39 is 0 Å². The molecule has 0 aliphatic heterocycles. The molecule has 0 fully saturated rings. The van der Waals surface area contributed by atoms with Crippen LogP contribution in [0.1, 0.15) is 33.6 Å². The van der Waals surface area contributed by atoms with Crippen LogP contribution < -0.4 is 0 Å². The molecule has 0 radical (unpaired) electrons. The van der Waals surface area contributed by atoms with E-state index in [-0.39, 0.29) is 5.97 Å². The molecule has 0 atom stereocenters. The second-order valence-corrected chi connectivity index (χ2v) is 3.11. The maximum absolute atomic E-state index is 11.0. The van der Waals surface area contributed by atoms with Gasteiger partial charge in [-0.2, -0.15) is 0 Å². The van der Waals surface area contributed by atoms with Gasteiger partial charge < -0.3 is 4.74 Å². The zero-order chi connectivity index (χ0) is 10.1. The van der Waals surface area contributed by atoms with Gasteiger partial charge in [-0.1, -0.05) is 31.1 Å². The number of allylic oxidation sites excluding steroid dienone is 2. The standard InChI is InChI=1S/C11H18O2/c1-4-5-6-7-8-13-11(12)9-10(2)3/h6-7,9H,4-5,8H2,1-3H3/b7-6+. The second kappa shape index (κ2) is 7.59. The number of hydrogen-bond acceptors (Lipinski definition) is 2. The van der Waals surface area contributed by atoms with Crippen LogP contribution >= 0.6 is 0 Å². The number of unbranched alkanes of at least 4 members (excludes halogenated alkanes) is 1. The lowest BCUT2D eigenvalue weighted by molar-refractivity contribution is -0.136. The predicted octanol–water partition coefficient (Wildman–Crippen LogP) is 2.85. The number of esters is 1. The van der Waals surface area contributed by atoms with Gasteiger partial charge >= 0.3 is 5.97 Å². The van der Waals surface area contributed by atoms with Crippen LogP contribution in [0.2, 0.25) is 0 Å². The molecule has 0 spiro atoms. The van der Waals surface area contributed by atoms with Crippen molar-refractivity contribution in [3.8, 4) is 0 Å². The third kappa shape index (κ3) is 8.86. The third-order valence-electron chi connectivity index (χ3n) is 1.35. The molecule has 0 heterocycles. The number of rotatable bonds is 5. The summed E-state index contributed by atoms with van der Waals surface area (Å²) in [6.45, 7) is 6.23. The summed E-state index contributed by atoms with van der Waals surface area (Å²) in [5.41, 5.74) is 0.961. The first-order valence-electron chi connectivity index (χ1n) is 4.63. The van der Waals surface area contributed by atoms with E-state index in [1.54, 1.807) is 0 Å². The first-order valence-corrected chi connectivity index (χ1v) is 4.63. The van der Waals surface area contributed by atoms with Crippen molar-refractivity contribution in [3.63, 3.8) is 0 Å². The number of hydrogen-bond donors (Lipinski definition) is 0. The highest BCUT2D eigenvalue weighted by molar-refractivity contribution is 5.82. The van der Waals surface area contributed by atoms with Gasteiger partial charge in [-0.25, -0.2) is 4.79 Å². The molecule has 2 nitrogen and oxygen atoms in total. The maximum atomic E-state index is 11.0. The fraction of sp³-hybridized carbons (Fsp3) is 0.545. The van der Waals surface area contributed by atoms with Crippen molar-refractivity contribution in [2.45, 2.75) is 33.6 Å². The normalized spacial score (nSPS) is 10.1. The molecule has 0 rings (SSSR count). The molecule has 0 aliphatic carbocycles. The molecule has 0 bridgehead atoms. The third-order valence-corrected chi connectivity index (χ3v) is 1.35. The van der Waals surface area contributed by atoms with Gasteiger partial charge in [0.2, 0.25) is 0 Å². The Hall–Kier alpha value is -1.05. The van der Waals surface area contributed by atoms with Crippen LogP contribution in [-0.2, 0) is 9.53 Å². The highest BCUT2D eigenvalue weighted by Gasteiger charge is 1.93. The van der Waals surface area contributed by atoms with E-state index in [4.69, 9.17) is 4.74 Å². The molecule has 0 N–H and O–H groups in total. The van der Waals surface area contributed by atoms with Crippen molar-refractivity contribution in [1.82, 2.24) is 0 Å². The van der Waals surface area contributed by atoms with E-state index in [9.17, 15) is 4.79 Å². The maximum Gasteiger partial charge on any atom is 0.330 e. The van der Waals surface area contributed by atoms with E-state index in [1.165, 1.54) is 6.08 Å². The number of carbonyl (C=O) groups excluding carboxylic acids is 1. The molecule has 0 aromatic carbocycles. The number of carbonyl (C=O) groups is 1. The summed E-state index contributed by atoms with van der Waals surface area (Å²) in [4.78, 5) is 11.0. The highest BCUT2D eigenvalue weighted by atomic mass is 16.5. The molecule has 0 aliphatic rings. The van der Waals surface area contributed by atoms with Gasteiger partial charge in [0.05, 0.1) is 0 Å². The average Bonchev–Trinajstić information content (AvgIpc) is 2.02. The largest absolute Gasteiger partial charge is 0.458 e. The zero-order valence-electron chi connectivity index (χ0n) is 8.67. The van der Waals surface area contributed by atoms with Gasteiger partial charge in [0.1, 0.15) is 6.61 Å². The minimum absolute atomic E-state index is 0.263. The summed E-state index contributed by atoms with van der Waals surface area (Å²) < 4.78 is 4.90. The number of ether oxygens (including phenoxy) is 1. The monoisotopic (exact) mass is 182 g/mol. The Morgan fingerprint density at radius 2 is 2.00 bits per heavy atom. The van der Waals surface area contributed by atoms with Gasteiger partial charge in [0.25, 0.3) is 0 Å². The van der Waals surface area contributed by atoms with E-state index in [0.717, 1.165) is 18.4 Å². The van der Waals surface area contributed by atoms with Gasteiger partial charge in [-0.05, 0) is 20.3 Å². The molecule has 74 valence electrons. The van der Waals surface area contributed by atoms with Gasteiger partial charge in [-0.3, -0.25) is 0 Å². The first-order chi connectivity index (χ1) is 6.16. The van der Waals surface area contributed by atoms with Crippen LogP contribution in [-0.4, -0.2) is 12.6 Å². The SMILES string of the molecule is CCC/C=C/COC(=O)C=C(C)C. The summed E-state index contributed by atoms with van der Waals surface area (Å²) in [6, 6.07) is 0. The molecule has 13 heavy (non-hydrogen) atoms. The van der Waals surface area contributed by atoms with Crippen LogP contribution in [0.5, 0.6) is 0 Å².